The highest BCUT2D eigenvalue weighted by atomic mass is 79.9. The molecule has 1 aromatic carbocycles. The number of rotatable bonds is 2. The number of benzene rings is 1. The van der Waals surface area contributed by atoms with Crippen molar-refractivity contribution < 1.29 is 9.13 Å². The van der Waals surface area contributed by atoms with Gasteiger partial charge in [0.2, 0.25) is 0 Å². The highest BCUT2D eigenvalue weighted by molar-refractivity contribution is 9.10. The molecule has 0 N–H and O–H groups in total. The van der Waals surface area contributed by atoms with Gasteiger partial charge in [0.1, 0.15) is 17.3 Å². The molecular weight excluding hydrogens is 296 g/mol. The lowest BCUT2D eigenvalue weighted by Crippen LogP contribution is -1.87. The van der Waals surface area contributed by atoms with Crippen molar-refractivity contribution in [2.75, 3.05) is 0 Å². The van der Waals surface area contributed by atoms with E-state index < -0.39 is 5.82 Å². The summed E-state index contributed by atoms with van der Waals surface area (Å²) in [6.45, 7) is 0. The third-order valence-electron chi connectivity index (χ3n) is 1.85. The number of hydrogen-bond donors (Lipinski definition) is 0. The van der Waals surface area contributed by atoms with E-state index in [1.165, 1.54) is 12.1 Å². The Hall–Kier alpha value is -1.13. The lowest BCUT2D eigenvalue weighted by Gasteiger charge is -2.07. The molecule has 0 unspecified atom stereocenters. The van der Waals surface area contributed by atoms with E-state index in [-0.39, 0.29) is 5.02 Å². The quantitative estimate of drug-likeness (QED) is 0.819. The molecule has 1 heterocycles. The summed E-state index contributed by atoms with van der Waals surface area (Å²) in [6, 6.07) is 5.95. The standard InChI is InChI=1S/C11H6BrClFNO/c12-8-6-15-4-3-11(8)16-7-1-2-9(13)10(14)5-7/h1-6H. The number of nitrogens with zero attached hydrogens (tertiary/aromatic N) is 1. The zero-order valence-corrected chi connectivity index (χ0v) is 10.3. The van der Waals surface area contributed by atoms with Gasteiger partial charge in [-0.05, 0) is 28.1 Å². The fourth-order valence-electron chi connectivity index (χ4n) is 1.11. The maximum Gasteiger partial charge on any atom is 0.145 e. The summed E-state index contributed by atoms with van der Waals surface area (Å²) < 4.78 is 19.3. The molecule has 0 fully saturated rings. The molecule has 82 valence electrons. The van der Waals surface area contributed by atoms with Crippen LogP contribution in [-0.2, 0) is 0 Å². The average Bonchev–Trinajstić information content (AvgIpc) is 2.27. The Balaban J connectivity index is 2.28. The van der Waals surface area contributed by atoms with Gasteiger partial charge in [0, 0.05) is 24.5 Å². The molecule has 2 rings (SSSR count). The summed E-state index contributed by atoms with van der Waals surface area (Å²) in [5.41, 5.74) is 0. The number of ether oxygens (including phenoxy) is 1. The molecule has 0 saturated carbocycles. The highest BCUT2D eigenvalue weighted by Gasteiger charge is 2.05. The molecule has 0 radical (unpaired) electrons. The van der Waals surface area contributed by atoms with Gasteiger partial charge in [-0.15, -0.1) is 0 Å². The molecule has 0 saturated heterocycles. The van der Waals surface area contributed by atoms with Crippen LogP contribution in [0.25, 0.3) is 0 Å². The van der Waals surface area contributed by atoms with Crippen molar-refractivity contribution in [1.82, 2.24) is 4.98 Å². The summed E-state index contributed by atoms with van der Waals surface area (Å²) in [4.78, 5) is 3.90. The molecule has 1 aromatic heterocycles. The van der Waals surface area contributed by atoms with Crippen LogP contribution in [0.1, 0.15) is 0 Å². The molecule has 0 amide bonds. The predicted octanol–water partition coefficient (Wildman–Crippen LogP) is 4.43. The summed E-state index contributed by atoms with van der Waals surface area (Å²) in [5.74, 6) is 0.440. The van der Waals surface area contributed by atoms with Crippen LogP contribution in [0.2, 0.25) is 5.02 Å². The van der Waals surface area contributed by atoms with Gasteiger partial charge in [0.05, 0.1) is 9.50 Å². The highest BCUT2D eigenvalue weighted by Crippen LogP contribution is 2.29. The molecular formula is C11H6BrClFNO. The first-order valence-corrected chi connectivity index (χ1v) is 5.56. The maximum atomic E-state index is 13.1. The van der Waals surface area contributed by atoms with Crippen LogP contribution in [0.4, 0.5) is 4.39 Å². The van der Waals surface area contributed by atoms with Gasteiger partial charge < -0.3 is 4.74 Å². The van der Waals surface area contributed by atoms with Crippen molar-refractivity contribution in [2.45, 2.75) is 0 Å². The van der Waals surface area contributed by atoms with Gasteiger partial charge in [-0.2, -0.15) is 0 Å². The van der Waals surface area contributed by atoms with Crippen molar-refractivity contribution in [3.8, 4) is 11.5 Å². The van der Waals surface area contributed by atoms with Crippen molar-refractivity contribution in [3.63, 3.8) is 0 Å². The fourth-order valence-corrected chi connectivity index (χ4v) is 1.56. The second kappa shape index (κ2) is 4.80. The second-order valence-electron chi connectivity index (χ2n) is 2.98. The van der Waals surface area contributed by atoms with E-state index in [2.05, 4.69) is 20.9 Å². The Morgan fingerprint density at radius 2 is 2.12 bits per heavy atom. The van der Waals surface area contributed by atoms with Gasteiger partial charge in [0.25, 0.3) is 0 Å². The minimum Gasteiger partial charge on any atom is -0.456 e. The third kappa shape index (κ3) is 2.51. The van der Waals surface area contributed by atoms with E-state index in [0.29, 0.717) is 16.0 Å². The largest absolute Gasteiger partial charge is 0.456 e. The monoisotopic (exact) mass is 301 g/mol. The van der Waals surface area contributed by atoms with E-state index in [0.717, 1.165) is 0 Å². The first-order chi connectivity index (χ1) is 7.66. The lowest BCUT2D eigenvalue weighted by atomic mass is 10.3. The van der Waals surface area contributed by atoms with E-state index in [1.807, 2.05) is 0 Å². The van der Waals surface area contributed by atoms with E-state index >= 15 is 0 Å². The first-order valence-electron chi connectivity index (χ1n) is 4.39. The Morgan fingerprint density at radius 1 is 1.31 bits per heavy atom. The van der Waals surface area contributed by atoms with Gasteiger partial charge in [0.15, 0.2) is 0 Å². The molecule has 5 heteroatoms. The number of hydrogen-bond acceptors (Lipinski definition) is 2. The molecule has 0 aliphatic rings. The molecule has 0 aliphatic heterocycles. The number of pyridine rings is 1. The Kier molecular flexibility index (Phi) is 3.41. The minimum atomic E-state index is -0.510. The van der Waals surface area contributed by atoms with Crippen molar-refractivity contribution in [3.05, 3.63) is 52.0 Å². The molecule has 0 spiro atoms. The van der Waals surface area contributed by atoms with E-state index in [9.17, 15) is 4.39 Å². The smallest absolute Gasteiger partial charge is 0.145 e. The Labute approximate surface area is 105 Å². The van der Waals surface area contributed by atoms with Crippen LogP contribution in [0.15, 0.2) is 41.1 Å². The fraction of sp³-hybridized carbons (Fsp3) is 0. The summed E-state index contributed by atoms with van der Waals surface area (Å²) in [7, 11) is 0. The zero-order valence-electron chi connectivity index (χ0n) is 7.95. The summed E-state index contributed by atoms with van der Waals surface area (Å²) in [5, 5.41) is 0.0705. The molecule has 0 bridgehead atoms. The zero-order chi connectivity index (χ0) is 11.5. The topological polar surface area (TPSA) is 22.1 Å². The molecule has 0 atom stereocenters. The van der Waals surface area contributed by atoms with E-state index in [1.54, 1.807) is 24.5 Å². The van der Waals surface area contributed by atoms with Crippen LogP contribution >= 0.6 is 27.5 Å². The minimum absolute atomic E-state index is 0.0705. The van der Waals surface area contributed by atoms with E-state index in [4.69, 9.17) is 16.3 Å². The van der Waals surface area contributed by atoms with Crippen LogP contribution in [0.3, 0.4) is 0 Å². The van der Waals surface area contributed by atoms with Crippen molar-refractivity contribution in [2.24, 2.45) is 0 Å². The average molecular weight is 303 g/mol. The van der Waals surface area contributed by atoms with Gasteiger partial charge in [-0.25, -0.2) is 4.39 Å². The van der Waals surface area contributed by atoms with Crippen molar-refractivity contribution in [1.29, 1.82) is 0 Å². The predicted molar refractivity (Wildman–Crippen MR) is 63.4 cm³/mol. The number of aromatic nitrogens is 1. The van der Waals surface area contributed by atoms with Crippen LogP contribution in [0.5, 0.6) is 11.5 Å². The van der Waals surface area contributed by atoms with Gasteiger partial charge in [-0.1, -0.05) is 11.6 Å². The summed E-state index contributed by atoms with van der Waals surface area (Å²) >= 11 is 8.84. The van der Waals surface area contributed by atoms with Crippen molar-refractivity contribution >= 4 is 27.5 Å². The molecule has 2 aromatic rings. The molecule has 16 heavy (non-hydrogen) atoms. The number of halogens is 3. The normalized spacial score (nSPS) is 10.2. The maximum absolute atomic E-state index is 13.1. The first kappa shape index (κ1) is 11.4. The van der Waals surface area contributed by atoms with Gasteiger partial charge in [-0.3, -0.25) is 4.98 Å². The third-order valence-corrected chi connectivity index (χ3v) is 2.76. The lowest BCUT2D eigenvalue weighted by molar-refractivity contribution is 0.473. The Bertz CT molecular complexity index is 521. The molecule has 0 aliphatic carbocycles. The second-order valence-corrected chi connectivity index (χ2v) is 4.25. The SMILES string of the molecule is Fc1cc(Oc2ccncc2Br)ccc1Cl. The van der Waals surface area contributed by atoms with Crippen LogP contribution < -0.4 is 4.74 Å². The summed E-state index contributed by atoms with van der Waals surface area (Å²) in [6.07, 6.45) is 3.19. The van der Waals surface area contributed by atoms with Crippen LogP contribution in [0, 0.1) is 5.82 Å². The van der Waals surface area contributed by atoms with Gasteiger partial charge >= 0.3 is 0 Å². The van der Waals surface area contributed by atoms with Crippen LogP contribution in [-0.4, -0.2) is 4.98 Å². The molecule has 2 nitrogen and oxygen atoms in total. The Morgan fingerprint density at radius 3 is 2.81 bits per heavy atom.